The molecule has 1 aromatic heterocycles. The normalized spacial score (nSPS) is 21.1. The number of nitrogens with zero attached hydrogens (tertiary/aromatic N) is 2. The Balaban J connectivity index is 1.74. The fourth-order valence-electron chi connectivity index (χ4n) is 3.51. The molecule has 1 aliphatic heterocycles. The van der Waals surface area contributed by atoms with Gasteiger partial charge in [0.15, 0.2) is 5.96 Å². The van der Waals surface area contributed by atoms with Gasteiger partial charge in [0.2, 0.25) is 0 Å². The van der Waals surface area contributed by atoms with Crippen LogP contribution in [0.5, 0.6) is 0 Å². The van der Waals surface area contributed by atoms with Gasteiger partial charge < -0.3 is 25.1 Å². The highest BCUT2D eigenvalue weighted by Gasteiger charge is 2.26. The molecule has 2 unspecified atom stereocenters. The average molecular weight is 379 g/mol. The minimum Gasteiger partial charge on any atom is -0.463 e. The Morgan fingerprint density at radius 1 is 1.33 bits per heavy atom. The number of likely N-dealkylation sites (tertiary alicyclic amines) is 1. The Labute approximate surface area is 164 Å². The first kappa shape index (κ1) is 21.8. The largest absolute Gasteiger partial charge is 0.463 e. The fourth-order valence-corrected chi connectivity index (χ4v) is 3.51. The topological polar surface area (TPSA) is 73.0 Å². The molecule has 2 heterocycles. The lowest BCUT2D eigenvalue weighted by Crippen LogP contribution is -2.40. The molecule has 2 atom stereocenters. The molecule has 3 N–H and O–H groups in total. The fraction of sp³-hybridized carbons (Fsp3) is 0.762. The number of aryl methyl sites for hydroxylation is 1. The lowest BCUT2D eigenvalue weighted by atomic mass is 10.0. The van der Waals surface area contributed by atoms with E-state index >= 15 is 0 Å². The molecule has 0 aliphatic carbocycles. The zero-order valence-corrected chi connectivity index (χ0v) is 17.6. The molecule has 1 fully saturated rings. The maximum atomic E-state index is 10.6. The van der Waals surface area contributed by atoms with E-state index < -0.39 is 5.60 Å². The second kappa shape index (κ2) is 10.7. The van der Waals surface area contributed by atoms with Crippen molar-refractivity contribution >= 4 is 5.96 Å². The van der Waals surface area contributed by atoms with E-state index in [4.69, 9.17) is 4.42 Å². The highest BCUT2D eigenvalue weighted by Crippen LogP contribution is 2.23. The van der Waals surface area contributed by atoms with Crippen LogP contribution in [0, 0.1) is 6.92 Å². The van der Waals surface area contributed by atoms with Crippen LogP contribution in [0.25, 0.3) is 0 Å². The van der Waals surface area contributed by atoms with Gasteiger partial charge in [-0.05, 0) is 78.6 Å². The Bertz CT molecular complexity index is 582. The van der Waals surface area contributed by atoms with Crippen LogP contribution in [0.4, 0.5) is 0 Å². The summed E-state index contributed by atoms with van der Waals surface area (Å²) in [7, 11) is 0. The summed E-state index contributed by atoms with van der Waals surface area (Å²) in [6.45, 7) is 12.4. The van der Waals surface area contributed by atoms with Gasteiger partial charge in [0.25, 0.3) is 0 Å². The smallest absolute Gasteiger partial charge is 0.191 e. The number of nitrogens with one attached hydrogen (secondary N) is 2. The van der Waals surface area contributed by atoms with Crippen LogP contribution >= 0.6 is 0 Å². The first-order valence-corrected chi connectivity index (χ1v) is 10.5. The van der Waals surface area contributed by atoms with Crippen LogP contribution in [0.15, 0.2) is 21.5 Å². The van der Waals surface area contributed by atoms with Crippen molar-refractivity contribution < 1.29 is 9.52 Å². The van der Waals surface area contributed by atoms with Crippen LogP contribution in [0.1, 0.15) is 64.4 Å². The molecule has 1 aliphatic rings. The maximum Gasteiger partial charge on any atom is 0.191 e. The second-order valence-corrected chi connectivity index (χ2v) is 7.89. The highest BCUT2D eigenvalue weighted by molar-refractivity contribution is 5.79. The summed E-state index contributed by atoms with van der Waals surface area (Å²) < 4.78 is 5.56. The SMILES string of the molecule is CCNC(=NCC(C)(O)c1ccc(C)o1)NCCCCN1CCCCC1C. The average Bonchev–Trinajstić information content (AvgIpc) is 3.08. The minimum atomic E-state index is -1.11. The predicted octanol–water partition coefficient (Wildman–Crippen LogP) is 3.01. The predicted molar refractivity (Wildman–Crippen MR) is 111 cm³/mol. The van der Waals surface area contributed by atoms with Crippen molar-refractivity contribution in [3.63, 3.8) is 0 Å². The molecular weight excluding hydrogens is 340 g/mol. The zero-order chi connectivity index (χ0) is 19.7. The van der Waals surface area contributed by atoms with Gasteiger partial charge in [-0.3, -0.25) is 0 Å². The third-order valence-electron chi connectivity index (χ3n) is 5.27. The number of furan rings is 1. The minimum absolute atomic E-state index is 0.251. The number of piperidine rings is 1. The number of aliphatic hydroxyl groups is 1. The number of guanidine groups is 1. The monoisotopic (exact) mass is 378 g/mol. The number of unbranched alkanes of at least 4 members (excludes halogenated alkanes) is 1. The molecule has 0 aromatic carbocycles. The molecule has 6 nitrogen and oxygen atoms in total. The number of rotatable bonds is 9. The van der Waals surface area contributed by atoms with Gasteiger partial charge in [-0.2, -0.15) is 0 Å². The molecule has 0 radical (unpaired) electrons. The van der Waals surface area contributed by atoms with Crippen molar-refractivity contribution in [1.29, 1.82) is 0 Å². The van der Waals surface area contributed by atoms with Gasteiger partial charge >= 0.3 is 0 Å². The summed E-state index contributed by atoms with van der Waals surface area (Å²) >= 11 is 0. The van der Waals surface area contributed by atoms with Crippen LogP contribution in [0.2, 0.25) is 0 Å². The van der Waals surface area contributed by atoms with Crippen molar-refractivity contribution in [3.8, 4) is 0 Å². The molecule has 0 amide bonds. The van der Waals surface area contributed by atoms with Gasteiger partial charge in [0, 0.05) is 19.1 Å². The van der Waals surface area contributed by atoms with Crippen molar-refractivity contribution in [3.05, 3.63) is 23.7 Å². The van der Waals surface area contributed by atoms with E-state index in [-0.39, 0.29) is 6.54 Å². The van der Waals surface area contributed by atoms with Crippen LogP contribution in [0.3, 0.4) is 0 Å². The van der Waals surface area contributed by atoms with E-state index in [2.05, 4.69) is 27.4 Å². The molecular formula is C21H38N4O2. The van der Waals surface area contributed by atoms with E-state index in [9.17, 15) is 5.11 Å². The van der Waals surface area contributed by atoms with Crippen LogP contribution in [-0.2, 0) is 5.60 Å². The molecule has 0 spiro atoms. The Morgan fingerprint density at radius 2 is 2.15 bits per heavy atom. The highest BCUT2D eigenvalue weighted by atomic mass is 16.4. The summed E-state index contributed by atoms with van der Waals surface area (Å²) in [4.78, 5) is 7.16. The quantitative estimate of drug-likeness (QED) is 0.350. The van der Waals surface area contributed by atoms with Crippen molar-refractivity contribution in [2.45, 2.75) is 71.4 Å². The summed E-state index contributed by atoms with van der Waals surface area (Å²) in [6.07, 6.45) is 6.37. The standard InChI is InChI=1S/C21H38N4O2/c1-5-22-20(24-16-21(4,26)19-12-11-18(3)27-19)23-13-7-9-15-25-14-8-6-10-17(25)2/h11-12,17,26H,5-10,13-16H2,1-4H3,(H2,22,23,24). The van der Waals surface area contributed by atoms with E-state index in [0.29, 0.717) is 5.76 Å². The van der Waals surface area contributed by atoms with Crippen LogP contribution in [-0.4, -0.2) is 54.7 Å². The van der Waals surface area contributed by atoms with Crippen molar-refractivity contribution in [1.82, 2.24) is 15.5 Å². The molecule has 6 heteroatoms. The summed E-state index contributed by atoms with van der Waals surface area (Å²) in [5, 5.41) is 17.3. The van der Waals surface area contributed by atoms with Gasteiger partial charge in [0.05, 0.1) is 6.54 Å². The molecule has 0 saturated carbocycles. The van der Waals surface area contributed by atoms with E-state index in [1.165, 1.54) is 38.8 Å². The zero-order valence-electron chi connectivity index (χ0n) is 17.6. The third kappa shape index (κ3) is 7.18. The third-order valence-corrected chi connectivity index (χ3v) is 5.27. The molecule has 154 valence electrons. The molecule has 1 aromatic rings. The van der Waals surface area contributed by atoms with E-state index in [1.807, 2.05) is 26.0 Å². The van der Waals surface area contributed by atoms with E-state index in [0.717, 1.165) is 37.3 Å². The number of hydrogen-bond donors (Lipinski definition) is 3. The molecule has 2 rings (SSSR count). The Kier molecular flexibility index (Phi) is 8.64. The first-order valence-electron chi connectivity index (χ1n) is 10.5. The number of hydrogen-bond acceptors (Lipinski definition) is 4. The Hall–Kier alpha value is -1.53. The summed E-state index contributed by atoms with van der Waals surface area (Å²) in [5.74, 6) is 2.09. The van der Waals surface area contributed by atoms with Gasteiger partial charge in [-0.15, -0.1) is 0 Å². The lowest BCUT2D eigenvalue weighted by Gasteiger charge is -2.33. The maximum absolute atomic E-state index is 10.6. The molecule has 0 bridgehead atoms. The molecule has 1 saturated heterocycles. The lowest BCUT2D eigenvalue weighted by molar-refractivity contribution is 0.0428. The summed E-state index contributed by atoms with van der Waals surface area (Å²) in [6, 6.07) is 4.41. The van der Waals surface area contributed by atoms with Crippen LogP contribution < -0.4 is 10.6 Å². The summed E-state index contributed by atoms with van der Waals surface area (Å²) in [5.41, 5.74) is -1.11. The molecule has 27 heavy (non-hydrogen) atoms. The van der Waals surface area contributed by atoms with Gasteiger partial charge in [0.1, 0.15) is 17.1 Å². The van der Waals surface area contributed by atoms with E-state index in [1.54, 1.807) is 6.92 Å². The second-order valence-electron chi connectivity index (χ2n) is 7.89. The number of aliphatic imine (C=N–C) groups is 1. The van der Waals surface area contributed by atoms with Gasteiger partial charge in [-0.1, -0.05) is 6.42 Å². The van der Waals surface area contributed by atoms with Gasteiger partial charge in [-0.25, -0.2) is 4.99 Å². The van der Waals surface area contributed by atoms with Crippen molar-refractivity contribution in [2.24, 2.45) is 4.99 Å². The first-order chi connectivity index (χ1) is 12.9. The van der Waals surface area contributed by atoms with Crippen molar-refractivity contribution in [2.75, 3.05) is 32.7 Å². The Morgan fingerprint density at radius 3 is 2.81 bits per heavy atom.